The third-order valence-corrected chi connectivity index (χ3v) is 4.79. The fourth-order valence-corrected chi connectivity index (χ4v) is 3.36. The molecule has 1 aromatic rings. The summed E-state index contributed by atoms with van der Waals surface area (Å²) in [5.74, 6) is 0.792. The standard InChI is InChI=1S/C18H20F3N/c1-11(2)13-5-4-12(3)16(8-13)14-6-7-15(10-22)17(9-14)18(19,20)21/h6-7,9,12-13,16H,1,4-5,8H2,2-3H3. The van der Waals surface area contributed by atoms with Gasteiger partial charge in [0.15, 0.2) is 0 Å². The fraction of sp³-hybridized carbons (Fsp3) is 0.500. The van der Waals surface area contributed by atoms with E-state index in [0.717, 1.165) is 24.8 Å². The fourth-order valence-electron chi connectivity index (χ4n) is 3.36. The first-order valence-electron chi connectivity index (χ1n) is 7.50. The highest BCUT2D eigenvalue weighted by Gasteiger charge is 2.36. The molecule has 0 bridgehead atoms. The maximum atomic E-state index is 13.1. The zero-order valence-corrected chi connectivity index (χ0v) is 12.9. The Morgan fingerprint density at radius 1 is 1.32 bits per heavy atom. The Kier molecular flexibility index (Phi) is 4.65. The molecule has 118 valence electrons. The topological polar surface area (TPSA) is 23.8 Å². The average molecular weight is 307 g/mol. The third kappa shape index (κ3) is 3.35. The van der Waals surface area contributed by atoms with Crippen LogP contribution >= 0.6 is 0 Å². The summed E-state index contributed by atoms with van der Waals surface area (Å²) in [5.41, 5.74) is 0.652. The van der Waals surface area contributed by atoms with Crippen molar-refractivity contribution >= 4 is 0 Å². The summed E-state index contributed by atoms with van der Waals surface area (Å²) in [7, 11) is 0. The predicted octanol–water partition coefficient (Wildman–Crippen LogP) is 5.67. The number of nitrogens with zero attached hydrogens (tertiary/aromatic N) is 1. The Morgan fingerprint density at radius 3 is 2.55 bits per heavy atom. The minimum Gasteiger partial charge on any atom is -0.192 e. The van der Waals surface area contributed by atoms with Crippen LogP contribution in [-0.2, 0) is 6.18 Å². The summed E-state index contributed by atoms with van der Waals surface area (Å²) in [5, 5.41) is 8.89. The van der Waals surface area contributed by atoms with E-state index in [-0.39, 0.29) is 11.5 Å². The molecule has 1 aliphatic rings. The van der Waals surface area contributed by atoms with Gasteiger partial charge in [-0.05, 0) is 61.6 Å². The molecule has 0 amide bonds. The van der Waals surface area contributed by atoms with E-state index in [0.29, 0.717) is 17.4 Å². The second-order valence-electron chi connectivity index (χ2n) is 6.35. The van der Waals surface area contributed by atoms with Gasteiger partial charge in [0.05, 0.1) is 17.2 Å². The van der Waals surface area contributed by atoms with Gasteiger partial charge in [-0.1, -0.05) is 25.1 Å². The van der Waals surface area contributed by atoms with Gasteiger partial charge < -0.3 is 0 Å². The highest BCUT2D eigenvalue weighted by atomic mass is 19.4. The van der Waals surface area contributed by atoms with Crippen molar-refractivity contribution in [2.24, 2.45) is 11.8 Å². The monoisotopic (exact) mass is 307 g/mol. The van der Waals surface area contributed by atoms with Gasteiger partial charge in [0.25, 0.3) is 0 Å². The van der Waals surface area contributed by atoms with Crippen LogP contribution in [0.4, 0.5) is 13.2 Å². The van der Waals surface area contributed by atoms with E-state index in [1.54, 1.807) is 12.1 Å². The quantitative estimate of drug-likeness (QED) is 0.645. The number of hydrogen-bond donors (Lipinski definition) is 0. The predicted molar refractivity (Wildman–Crippen MR) is 80.2 cm³/mol. The second-order valence-corrected chi connectivity index (χ2v) is 6.35. The number of allylic oxidation sites excluding steroid dienone is 1. The van der Waals surface area contributed by atoms with Crippen molar-refractivity contribution in [3.05, 3.63) is 47.0 Å². The number of hydrogen-bond acceptors (Lipinski definition) is 1. The highest BCUT2D eigenvalue weighted by molar-refractivity contribution is 5.43. The summed E-state index contributed by atoms with van der Waals surface area (Å²) in [6, 6.07) is 5.78. The molecule has 3 atom stereocenters. The highest BCUT2D eigenvalue weighted by Crippen LogP contribution is 2.44. The number of nitriles is 1. The summed E-state index contributed by atoms with van der Waals surface area (Å²) in [6.45, 7) is 8.06. The van der Waals surface area contributed by atoms with E-state index in [4.69, 9.17) is 5.26 Å². The molecule has 4 heteroatoms. The first-order valence-corrected chi connectivity index (χ1v) is 7.50. The van der Waals surface area contributed by atoms with E-state index in [9.17, 15) is 13.2 Å². The van der Waals surface area contributed by atoms with Gasteiger partial charge in [-0.2, -0.15) is 18.4 Å². The van der Waals surface area contributed by atoms with Crippen LogP contribution in [0, 0.1) is 23.2 Å². The van der Waals surface area contributed by atoms with E-state index in [1.807, 2.05) is 6.92 Å². The van der Waals surface area contributed by atoms with Gasteiger partial charge in [-0.3, -0.25) is 0 Å². The number of rotatable bonds is 2. The lowest BCUT2D eigenvalue weighted by atomic mass is 9.70. The van der Waals surface area contributed by atoms with Crippen molar-refractivity contribution in [3.8, 4) is 6.07 Å². The molecule has 0 saturated heterocycles. The lowest BCUT2D eigenvalue weighted by Gasteiger charge is -2.35. The maximum Gasteiger partial charge on any atom is 0.417 e. The Morgan fingerprint density at radius 2 is 2.00 bits per heavy atom. The second kappa shape index (κ2) is 6.16. The van der Waals surface area contributed by atoms with Gasteiger partial charge in [0, 0.05) is 0 Å². The molecule has 1 aromatic carbocycles. The summed E-state index contributed by atoms with van der Waals surface area (Å²) < 4.78 is 39.4. The van der Waals surface area contributed by atoms with Crippen LogP contribution in [0.2, 0.25) is 0 Å². The molecule has 0 aromatic heterocycles. The molecule has 0 aliphatic heterocycles. The first-order chi connectivity index (χ1) is 10.2. The van der Waals surface area contributed by atoms with Gasteiger partial charge in [-0.15, -0.1) is 0 Å². The van der Waals surface area contributed by atoms with Gasteiger partial charge in [0.2, 0.25) is 0 Å². The largest absolute Gasteiger partial charge is 0.417 e. The van der Waals surface area contributed by atoms with Crippen LogP contribution in [0.25, 0.3) is 0 Å². The van der Waals surface area contributed by atoms with Crippen molar-refractivity contribution in [1.82, 2.24) is 0 Å². The molecule has 1 aliphatic carbocycles. The minimum absolute atomic E-state index is 0.0873. The van der Waals surface area contributed by atoms with Crippen molar-refractivity contribution in [1.29, 1.82) is 5.26 Å². The first kappa shape index (κ1) is 16.6. The summed E-state index contributed by atoms with van der Waals surface area (Å²) in [6.07, 6.45) is -1.62. The van der Waals surface area contributed by atoms with E-state index < -0.39 is 11.7 Å². The normalized spacial score (nSPS) is 25.5. The minimum atomic E-state index is -4.49. The molecule has 1 nitrogen and oxygen atoms in total. The van der Waals surface area contributed by atoms with Crippen LogP contribution in [0.5, 0.6) is 0 Å². The van der Waals surface area contributed by atoms with Gasteiger partial charge in [-0.25, -0.2) is 0 Å². The van der Waals surface area contributed by atoms with Crippen LogP contribution in [-0.4, -0.2) is 0 Å². The Balaban J connectivity index is 2.39. The van der Waals surface area contributed by atoms with E-state index in [1.165, 1.54) is 12.1 Å². The molecular formula is C18H20F3N. The van der Waals surface area contributed by atoms with Crippen LogP contribution in [0.1, 0.15) is 55.7 Å². The van der Waals surface area contributed by atoms with Crippen LogP contribution in [0.15, 0.2) is 30.4 Å². The molecular weight excluding hydrogens is 287 g/mol. The van der Waals surface area contributed by atoms with Gasteiger partial charge >= 0.3 is 6.18 Å². The number of halogens is 3. The Labute approximate surface area is 129 Å². The molecule has 22 heavy (non-hydrogen) atoms. The van der Waals surface area contributed by atoms with Crippen molar-refractivity contribution in [2.75, 3.05) is 0 Å². The van der Waals surface area contributed by atoms with Crippen LogP contribution in [0.3, 0.4) is 0 Å². The smallest absolute Gasteiger partial charge is 0.192 e. The molecule has 0 spiro atoms. The van der Waals surface area contributed by atoms with E-state index in [2.05, 4.69) is 13.5 Å². The van der Waals surface area contributed by atoms with Crippen LogP contribution < -0.4 is 0 Å². The molecule has 0 N–H and O–H groups in total. The molecule has 3 unspecified atom stereocenters. The summed E-state index contributed by atoms with van der Waals surface area (Å²) >= 11 is 0. The lowest BCUT2D eigenvalue weighted by molar-refractivity contribution is -0.137. The van der Waals surface area contributed by atoms with E-state index >= 15 is 0 Å². The Hall–Kier alpha value is -1.76. The van der Waals surface area contributed by atoms with Crippen molar-refractivity contribution in [3.63, 3.8) is 0 Å². The van der Waals surface area contributed by atoms with Crippen molar-refractivity contribution < 1.29 is 13.2 Å². The SMILES string of the molecule is C=C(C)C1CCC(C)C(c2ccc(C#N)c(C(F)(F)F)c2)C1. The van der Waals surface area contributed by atoms with Crippen molar-refractivity contribution in [2.45, 2.75) is 45.2 Å². The average Bonchev–Trinajstić information content (AvgIpc) is 2.46. The molecule has 1 fully saturated rings. The molecule has 2 rings (SSSR count). The zero-order chi connectivity index (χ0) is 16.5. The summed E-state index contributed by atoms with van der Waals surface area (Å²) in [4.78, 5) is 0. The third-order valence-electron chi connectivity index (χ3n) is 4.79. The van der Waals surface area contributed by atoms with Gasteiger partial charge in [0.1, 0.15) is 0 Å². The number of benzene rings is 1. The molecule has 0 radical (unpaired) electrons. The zero-order valence-electron chi connectivity index (χ0n) is 12.9. The Bertz CT molecular complexity index is 610. The molecule has 0 heterocycles. The maximum absolute atomic E-state index is 13.1. The number of alkyl halides is 3. The lowest BCUT2D eigenvalue weighted by Crippen LogP contribution is -2.22. The molecule has 1 saturated carbocycles.